The van der Waals surface area contributed by atoms with E-state index in [2.05, 4.69) is 76.2 Å². The second kappa shape index (κ2) is 8.59. The van der Waals surface area contributed by atoms with Crippen LogP contribution < -0.4 is 0 Å². The topological polar surface area (TPSA) is 17.1 Å². The monoisotopic (exact) mass is 388 g/mol. The maximum absolute atomic E-state index is 11.8. The second-order valence-electron chi connectivity index (χ2n) is 12.0. The smallest absolute Gasteiger partial charge is 0.135 e. The van der Waals surface area contributed by atoms with Crippen molar-refractivity contribution < 1.29 is 4.79 Å². The summed E-state index contributed by atoms with van der Waals surface area (Å²) in [6.07, 6.45) is 3.40. The lowest BCUT2D eigenvalue weighted by Crippen LogP contribution is -2.31. The van der Waals surface area contributed by atoms with E-state index in [1.165, 1.54) is 12.8 Å². The average molecular weight is 389 g/mol. The van der Waals surface area contributed by atoms with Gasteiger partial charge in [-0.05, 0) is 56.3 Å². The van der Waals surface area contributed by atoms with Gasteiger partial charge in [-0.25, -0.2) is 0 Å². The Kier molecular flexibility index (Phi) is 8.71. The van der Waals surface area contributed by atoms with Crippen LogP contribution in [-0.4, -0.2) is 16.3 Å². The minimum absolute atomic E-state index is 0.170. The third-order valence-electron chi connectivity index (χ3n) is 4.52. The molecule has 25 heavy (non-hydrogen) atoms. The first-order valence-corrected chi connectivity index (χ1v) is 11.9. The van der Waals surface area contributed by atoms with Crippen LogP contribution in [-0.2, 0) is 4.79 Å². The molecule has 3 heteroatoms. The Morgan fingerprint density at radius 3 is 1.60 bits per heavy atom. The highest BCUT2D eigenvalue weighted by Gasteiger charge is 2.35. The Labute approximate surface area is 166 Å². The fourth-order valence-corrected chi connectivity index (χ4v) is 7.92. The maximum atomic E-state index is 11.8. The Balaban J connectivity index is 4.62. The Bertz CT molecular complexity index is 439. The highest BCUT2D eigenvalue weighted by Crippen LogP contribution is 2.48. The summed E-state index contributed by atoms with van der Waals surface area (Å²) >= 11 is 0. The standard InChI is InChI=1S/C22H44OS2/c1-17(23)21(9,10)14-20(7,8)16-24-25-22(11,12)15-19(5,6)13-18(2,3)4/h13-16H2,1-12H3. The summed E-state index contributed by atoms with van der Waals surface area (Å²) < 4.78 is 0.256. The van der Waals surface area contributed by atoms with Gasteiger partial charge in [0.05, 0.1) is 0 Å². The number of ketones is 1. The normalized spacial score (nSPS) is 14.7. The van der Waals surface area contributed by atoms with Gasteiger partial charge in [0.2, 0.25) is 0 Å². The van der Waals surface area contributed by atoms with Crippen molar-refractivity contribution in [3.8, 4) is 0 Å². The third kappa shape index (κ3) is 11.6. The van der Waals surface area contributed by atoms with E-state index in [0.717, 1.165) is 12.2 Å². The maximum Gasteiger partial charge on any atom is 0.135 e. The van der Waals surface area contributed by atoms with Gasteiger partial charge in [-0.2, -0.15) is 0 Å². The fraction of sp³-hybridized carbons (Fsp3) is 0.955. The van der Waals surface area contributed by atoms with Crippen molar-refractivity contribution in [1.29, 1.82) is 0 Å². The van der Waals surface area contributed by atoms with E-state index in [-0.39, 0.29) is 15.6 Å². The number of hydrogen-bond acceptors (Lipinski definition) is 3. The Hall–Kier alpha value is 0.370. The minimum atomic E-state index is -0.223. The van der Waals surface area contributed by atoms with Crippen LogP contribution in [0.2, 0.25) is 0 Å². The highest BCUT2D eigenvalue weighted by atomic mass is 33.1. The molecule has 1 nitrogen and oxygen atoms in total. The number of Topliss-reactive ketones (excluding diaryl/α,β-unsaturated/α-hetero) is 1. The van der Waals surface area contributed by atoms with Gasteiger partial charge in [0.25, 0.3) is 0 Å². The summed E-state index contributed by atoms with van der Waals surface area (Å²) in [6.45, 7) is 27.0. The van der Waals surface area contributed by atoms with Crippen molar-refractivity contribution in [2.24, 2.45) is 21.7 Å². The zero-order chi connectivity index (χ0) is 20.3. The molecule has 0 bridgehead atoms. The van der Waals surface area contributed by atoms with Crippen LogP contribution in [0.1, 0.15) is 102 Å². The molecular formula is C22H44OS2. The van der Waals surface area contributed by atoms with Crippen molar-refractivity contribution >= 4 is 27.4 Å². The first-order valence-electron chi connectivity index (χ1n) is 9.59. The molecule has 0 aromatic rings. The zero-order valence-electron chi connectivity index (χ0n) is 19.1. The number of rotatable bonds is 10. The third-order valence-corrected chi connectivity index (χ3v) is 8.19. The zero-order valence-corrected chi connectivity index (χ0v) is 20.7. The van der Waals surface area contributed by atoms with Crippen LogP contribution in [0, 0.1) is 21.7 Å². The quantitative estimate of drug-likeness (QED) is 0.352. The van der Waals surface area contributed by atoms with Crippen molar-refractivity contribution in [3.63, 3.8) is 0 Å². The predicted octanol–water partition coefficient (Wildman–Crippen LogP) is 8.03. The van der Waals surface area contributed by atoms with Crippen LogP contribution in [0.15, 0.2) is 0 Å². The number of carbonyl (C=O) groups is 1. The molecule has 0 saturated carbocycles. The summed E-state index contributed by atoms with van der Waals surface area (Å²) in [4.78, 5) is 11.8. The summed E-state index contributed by atoms with van der Waals surface area (Å²) in [5.74, 6) is 1.37. The number of carbonyl (C=O) groups excluding carboxylic acids is 1. The molecule has 150 valence electrons. The summed E-state index contributed by atoms with van der Waals surface area (Å²) in [5, 5.41) is 0. The van der Waals surface area contributed by atoms with E-state index < -0.39 is 0 Å². The molecule has 0 rings (SSSR count). The summed E-state index contributed by atoms with van der Waals surface area (Å²) in [6, 6.07) is 0. The molecule has 0 aliphatic carbocycles. The SMILES string of the molecule is CC(=O)C(C)(C)CC(C)(C)CSSC(C)(C)CC(C)(C)CC(C)(C)C. The Morgan fingerprint density at radius 1 is 0.720 bits per heavy atom. The summed E-state index contributed by atoms with van der Waals surface area (Å²) in [5.41, 5.74) is 0.669. The molecule has 0 aliphatic heterocycles. The van der Waals surface area contributed by atoms with Crippen LogP contribution in [0.5, 0.6) is 0 Å². The van der Waals surface area contributed by atoms with Crippen molar-refractivity contribution in [2.45, 2.75) is 107 Å². The van der Waals surface area contributed by atoms with Crippen molar-refractivity contribution in [2.75, 3.05) is 5.75 Å². The van der Waals surface area contributed by atoms with Gasteiger partial charge in [-0.1, -0.05) is 83.9 Å². The molecule has 0 amide bonds. The van der Waals surface area contributed by atoms with Crippen molar-refractivity contribution in [3.05, 3.63) is 0 Å². The fourth-order valence-electron chi connectivity index (χ4n) is 4.40. The van der Waals surface area contributed by atoms with E-state index >= 15 is 0 Å². The van der Waals surface area contributed by atoms with E-state index in [4.69, 9.17) is 0 Å². The molecule has 0 unspecified atom stereocenters. The molecule has 0 aromatic carbocycles. The van der Waals surface area contributed by atoms with E-state index in [1.807, 2.05) is 21.6 Å². The van der Waals surface area contributed by atoms with Gasteiger partial charge >= 0.3 is 0 Å². The molecule has 0 saturated heterocycles. The lowest BCUT2D eigenvalue weighted by atomic mass is 9.72. The van der Waals surface area contributed by atoms with Gasteiger partial charge in [0.15, 0.2) is 0 Å². The summed E-state index contributed by atoms with van der Waals surface area (Å²) in [7, 11) is 4.01. The number of hydrogen-bond donors (Lipinski definition) is 0. The van der Waals surface area contributed by atoms with E-state index in [9.17, 15) is 4.79 Å². The molecule has 0 atom stereocenters. The molecule has 0 aromatic heterocycles. The van der Waals surface area contributed by atoms with Gasteiger partial charge < -0.3 is 0 Å². The second-order valence-corrected chi connectivity index (χ2v) is 15.0. The molecule has 0 spiro atoms. The van der Waals surface area contributed by atoms with E-state index in [0.29, 0.717) is 16.6 Å². The van der Waals surface area contributed by atoms with Crippen molar-refractivity contribution in [1.82, 2.24) is 0 Å². The van der Waals surface area contributed by atoms with E-state index in [1.54, 1.807) is 6.92 Å². The highest BCUT2D eigenvalue weighted by molar-refractivity contribution is 8.77. The lowest BCUT2D eigenvalue weighted by Gasteiger charge is -2.39. The van der Waals surface area contributed by atoms with Gasteiger partial charge in [-0.15, -0.1) is 0 Å². The minimum Gasteiger partial charge on any atom is -0.299 e. The first kappa shape index (κ1) is 25.4. The largest absolute Gasteiger partial charge is 0.299 e. The molecule has 0 aliphatic rings. The van der Waals surface area contributed by atoms with Crippen LogP contribution >= 0.6 is 21.6 Å². The average Bonchev–Trinajstić information content (AvgIpc) is 2.19. The molecule has 0 heterocycles. The molecule has 0 radical (unpaired) electrons. The van der Waals surface area contributed by atoms with Crippen LogP contribution in [0.4, 0.5) is 0 Å². The van der Waals surface area contributed by atoms with Crippen LogP contribution in [0.25, 0.3) is 0 Å². The van der Waals surface area contributed by atoms with Gasteiger partial charge in [0, 0.05) is 15.9 Å². The van der Waals surface area contributed by atoms with Gasteiger partial charge in [0.1, 0.15) is 5.78 Å². The molecule has 0 N–H and O–H groups in total. The first-order chi connectivity index (χ1) is 10.8. The van der Waals surface area contributed by atoms with Crippen LogP contribution in [0.3, 0.4) is 0 Å². The molecular weight excluding hydrogens is 344 g/mol. The Morgan fingerprint density at radius 2 is 1.20 bits per heavy atom. The predicted molar refractivity (Wildman–Crippen MR) is 119 cm³/mol. The molecule has 0 fully saturated rings. The van der Waals surface area contributed by atoms with Gasteiger partial charge in [-0.3, -0.25) is 4.79 Å². The lowest BCUT2D eigenvalue weighted by molar-refractivity contribution is -0.126.